The fourth-order valence-electron chi connectivity index (χ4n) is 3.98. The third-order valence-electron chi connectivity index (χ3n) is 5.74. The van der Waals surface area contributed by atoms with E-state index in [0.717, 1.165) is 16.4 Å². The van der Waals surface area contributed by atoms with E-state index in [2.05, 4.69) is 16.8 Å². The summed E-state index contributed by atoms with van der Waals surface area (Å²) in [6.45, 7) is 5.68. The van der Waals surface area contributed by atoms with Crippen LogP contribution in [-0.4, -0.2) is 33.0 Å². The van der Waals surface area contributed by atoms with E-state index in [-0.39, 0.29) is 17.4 Å². The lowest BCUT2D eigenvalue weighted by atomic mass is 9.95. The normalized spacial score (nSPS) is 15.8. The molecule has 0 radical (unpaired) electrons. The number of aryl methyl sites for hydroxylation is 1. The van der Waals surface area contributed by atoms with Crippen LogP contribution in [-0.2, 0) is 16.0 Å². The fraction of sp³-hybridized carbons (Fsp3) is 0.522. The van der Waals surface area contributed by atoms with Crippen molar-refractivity contribution >= 4 is 23.5 Å². The van der Waals surface area contributed by atoms with Crippen LogP contribution in [0.1, 0.15) is 62.0 Å². The molecule has 29 heavy (non-hydrogen) atoms. The van der Waals surface area contributed by atoms with Crippen molar-refractivity contribution in [2.45, 2.75) is 76.5 Å². The van der Waals surface area contributed by atoms with E-state index < -0.39 is 6.04 Å². The molecule has 0 saturated heterocycles. The Morgan fingerprint density at radius 1 is 1.17 bits per heavy atom. The van der Waals surface area contributed by atoms with E-state index >= 15 is 0 Å². The van der Waals surface area contributed by atoms with Gasteiger partial charge in [0.15, 0.2) is 10.9 Å². The van der Waals surface area contributed by atoms with Crippen molar-refractivity contribution in [2.24, 2.45) is 0 Å². The first-order chi connectivity index (χ1) is 14.0. The molecule has 1 amide bonds. The first-order valence-corrected chi connectivity index (χ1v) is 11.5. The van der Waals surface area contributed by atoms with Crippen molar-refractivity contribution in [1.82, 2.24) is 14.9 Å². The molecule has 1 heterocycles. The first kappa shape index (κ1) is 21.6. The lowest BCUT2D eigenvalue weighted by Gasteiger charge is -2.26. The average molecular weight is 414 g/mol. The maximum Gasteiger partial charge on any atom is 0.231 e. The molecular formula is C23H31N3O2S. The molecular weight excluding hydrogens is 382 g/mol. The van der Waals surface area contributed by atoms with Crippen LogP contribution < -0.4 is 5.32 Å². The number of benzene rings is 1. The van der Waals surface area contributed by atoms with Gasteiger partial charge < -0.3 is 9.88 Å². The van der Waals surface area contributed by atoms with Gasteiger partial charge in [0.05, 0.1) is 17.5 Å². The smallest absolute Gasteiger partial charge is 0.231 e. The zero-order valence-electron chi connectivity index (χ0n) is 17.6. The molecule has 1 fully saturated rings. The molecule has 0 bridgehead atoms. The predicted molar refractivity (Wildman–Crippen MR) is 117 cm³/mol. The van der Waals surface area contributed by atoms with Crippen molar-refractivity contribution in [1.29, 1.82) is 0 Å². The van der Waals surface area contributed by atoms with Gasteiger partial charge in [0, 0.05) is 11.7 Å². The average Bonchev–Trinajstić information content (AvgIpc) is 3.01. The summed E-state index contributed by atoms with van der Waals surface area (Å²) in [5.74, 6) is 0.114. The number of imidazole rings is 1. The minimum absolute atomic E-state index is 0.0254. The molecule has 2 aromatic rings. The Balaban J connectivity index is 1.62. The number of hydrogen-bond donors (Lipinski definition) is 1. The molecule has 0 spiro atoms. The van der Waals surface area contributed by atoms with Crippen LogP contribution in [0.2, 0.25) is 0 Å². The molecule has 1 aliphatic carbocycles. The number of nitrogens with zero attached hydrogens (tertiary/aromatic N) is 2. The van der Waals surface area contributed by atoms with Gasteiger partial charge in [-0.1, -0.05) is 61.4 Å². The number of thioether (sulfide) groups is 1. The fourth-order valence-corrected chi connectivity index (χ4v) is 4.95. The molecule has 0 aliphatic heterocycles. The van der Waals surface area contributed by atoms with Gasteiger partial charge in [-0.15, -0.1) is 0 Å². The number of nitrogens with one attached hydrogen (secondary N) is 1. The molecule has 6 heteroatoms. The monoisotopic (exact) mass is 413 g/mol. The van der Waals surface area contributed by atoms with E-state index in [9.17, 15) is 9.59 Å². The van der Waals surface area contributed by atoms with Crippen LogP contribution in [0.4, 0.5) is 0 Å². The van der Waals surface area contributed by atoms with Crippen LogP contribution in [0.3, 0.4) is 0 Å². The largest absolute Gasteiger partial charge is 0.345 e. The van der Waals surface area contributed by atoms with Crippen LogP contribution in [0.25, 0.3) is 0 Å². The molecule has 1 aliphatic rings. The third-order valence-corrected chi connectivity index (χ3v) is 6.69. The second kappa shape index (κ2) is 10.1. The molecule has 156 valence electrons. The molecule has 5 nitrogen and oxygen atoms in total. The molecule has 1 N–H and O–H groups in total. The number of Topliss-reactive ketones (excluding diaryl/α,β-unsaturated/α-hetero) is 1. The zero-order chi connectivity index (χ0) is 20.8. The Kier molecular flexibility index (Phi) is 7.53. The summed E-state index contributed by atoms with van der Waals surface area (Å²) in [6.07, 6.45) is 6.70. The van der Waals surface area contributed by atoms with Gasteiger partial charge in [0.1, 0.15) is 0 Å². The number of carbonyl (C=O) groups is 2. The van der Waals surface area contributed by atoms with Crippen molar-refractivity contribution < 1.29 is 9.59 Å². The molecule has 0 unspecified atom stereocenters. The van der Waals surface area contributed by atoms with Gasteiger partial charge in [0.25, 0.3) is 0 Å². The SMILES string of the molecule is CC(=O)[C@@H](Cc1ccccc1)NC(=O)CSc1nc(C)c(C)n1C1CCCCC1. The Morgan fingerprint density at radius 2 is 1.86 bits per heavy atom. The van der Waals surface area contributed by atoms with Crippen molar-refractivity contribution in [3.8, 4) is 0 Å². The van der Waals surface area contributed by atoms with E-state index in [1.54, 1.807) is 0 Å². The highest BCUT2D eigenvalue weighted by atomic mass is 32.2. The van der Waals surface area contributed by atoms with E-state index in [0.29, 0.717) is 12.5 Å². The van der Waals surface area contributed by atoms with E-state index in [4.69, 9.17) is 4.98 Å². The molecule has 1 atom stereocenters. The number of aromatic nitrogens is 2. The maximum atomic E-state index is 12.6. The number of hydrogen-bond acceptors (Lipinski definition) is 4. The minimum Gasteiger partial charge on any atom is -0.345 e. The summed E-state index contributed by atoms with van der Waals surface area (Å²) in [4.78, 5) is 29.3. The molecule has 3 rings (SSSR count). The Labute approximate surface area is 177 Å². The number of amides is 1. The summed E-state index contributed by atoms with van der Waals surface area (Å²) in [5, 5.41) is 3.83. The standard InChI is InChI=1S/C23H31N3O2S/c1-16-17(2)26(20-12-8-5-9-13-20)23(24-16)29-15-22(28)25-21(18(3)27)14-19-10-6-4-7-11-19/h4,6-7,10-11,20-21H,5,8-9,12-15H2,1-3H3,(H,25,28)/t21-/m1/s1. The minimum atomic E-state index is -0.493. The van der Waals surface area contributed by atoms with Gasteiger partial charge in [0.2, 0.25) is 5.91 Å². The van der Waals surface area contributed by atoms with Crippen LogP contribution in [0.15, 0.2) is 35.5 Å². The summed E-state index contributed by atoms with van der Waals surface area (Å²) in [7, 11) is 0. The zero-order valence-corrected chi connectivity index (χ0v) is 18.4. The van der Waals surface area contributed by atoms with Gasteiger partial charge in [-0.2, -0.15) is 0 Å². The second-order valence-corrected chi connectivity index (χ2v) is 8.88. The number of carbonyl (C=O) groups excluding carboxylic acids is 2. The summed E-state index contributed by atoms with van der Waals surface area (Å²) in [5.41, 5.74) is 3.27. The van der Waals surface area contributed by atoms with Crippen LogP contribution in [0, 0.1) is 13.8 Å². The summed E-state index contributed by atoms with van der Waals surface area (Å²) in [6, 6.07) is 9.78. The topological polar surface area (TPSA) is 64.0 Å². The number of ketones is 1. The highest BCUT2D eigenvalue weighted by molar-refractivity contribution is 7.99. The van der Waals surface area contributed by atoms with E-state index in [1.807, 2.05) is 37.3 Å². The van der Waals surface area contributed by atoms with Crippen molar-refractivity contribution in [3.63, 3.8) is 0 Å². The third kappa shape index (κ3) is 5.72. The van der Waals surface area contributed by atoms with Crippen molar-refractivity contribution in [3.05, 3.63) is 47.3 Å². The number of rotatable bonds is 8. The van der Waals surface area contributed by atoms with Gasteiger partial charge >= 0.3 is 0 Å². The molecule has 1 saturated carbocycles. The Bertz CT molecular complexity index is 841. The Morgan fingerprint density at radius 3 is 2.52 bits per heavy atom. The van der Waals surface area contributed by atoms with Gasteiger partial charge in [-0.3, -0.25) is 9.59 Å². The van der Waals surface area contributed by atoms with Crippen molar-refractivity contribution in [2.75, 3.05) is 5.75 Å². The lowest BCUT2D eigenvalue weighted by Crippen LogP contribution is -2.42. The van der Waals surface area contributed by atoms with Crippen LogP contribution in [0.5, 0.6) is 0 Å². The van der Waals surface area contributed by atoms with E-state index in [1.165, 1.54) is 56.5 Å². The lowest BCUT2D eigenvalue weighted by molar-refractivity contribution is -0.125. The highest BCUT2D eigenvalue weighted by Crippen LogP contribution is 2.34. The summed E-state index contributed by atoms with van der Waals surface area (Å²) < 4.78 is 2.33. The first-order valence-electron chi connectivity index (χ1n) is 10.5. The quantitative estimate of drug-likeness (QED) is 0.651. The van der Waals surface area contributed by atoms with Gasteiger partial charge in [-0.25, -0.2) is 4.98 Å². The van der Waals surface area contributed by atoms with Gasteiger partial charge in [-0.05, 0) is 45.6 Å². The molecule has 1 aromatic carbocycles. The highest BCUT2D eigenvalue weighted by Gasteiger charge is 2.23. The van der Waals surface area contributed by atoms with Crippen LogP contribution >= 0.6 is 11.8 Å². The maximum absolute atomic E-state index is 12.6. The summed E-state index contributed by atoms with van der Waals surface area (Å²) >= 11 is 1.47. The predicted octanol–water partition coefficient (Wildman–Crippen LogP) is 4.41. The second-order valence-electron chi connectivity index (χ2n) is 7.94. The molecule has 1 aromatic heterocycles. The Hall–Kier alpha value is -2.08.